The van der Waals surface area contributed by atoms with E-state index in [-0.39, 0.29) is 0.159 Å². The summed E-state index contributed by atoms with van der Waals surface area (Å²) in [5, 5.41) is 0. The first-order chi connectivity index (χ1) is 2.00. The summed E-state index contributed by atoms with van der Waals surface area (Å²) in [6, 6.07) is 0. The van der Waals surface area contributed by atoms with Gasteiger partial charge >= 0.3 is 70.5 Å². The quantitative estimate of drug-likeness (QED) is 0.452. The van der Waals surface area contributed by atoms with Gasteiger partial charge in [-0.3, -0.25) is 0 Å². The minimum absolute atomic E-state index is 0.0275. The Balaban J connectivity index is 3.02. The summed E-state index contributed by atoms with van der Waals surface area (Å²) < 4.78 is 0.0275. The van der Waals surface area contributed by atoms with Crippen molar-refractivity contribution >= 4 is 70.3 Å². The van der Waals surface area contributed by atoms with Gasteiger partial charge in [0.05, 0.1) is 0 Å². The molecule has 5 heavy (non-hydrogen) atoms. The van der Waals surface area contributed by atoms with Crippen LogP contribution in [0.4, 0.5) is 0 Å². The second-order valence-corrected chi connectivity index (χ2v) is 15.7. The molecule has 4 heteroatoms. The van der Waals surface area contributed by atoms with Crippen LogP contribution < -0.4 is 0 Å². The molecular weight excluding hydrogens is 370 g/mol. The number of alkyl halides is 3. The van der Waals surface area contributed by atoms with Crippen molar-refractivity contribution in [1.29, 1.82) is 0 Å². The van der Waals surface area contributed by atoms with E-state index in [4.69, 9.17) is 0 Å². The molecule has 0 aromatic carbocycles. The van der Waals surface area contributed by atoms with Crippen molar-refractivity contribution in [2.45, 2.75) is 0.159 Å². The van der Waals surface area contributed by atoms with Crippen LogP contribution in [0.25, 0.3) is 0 Å². The number of hydrogen-bond donors (Lipinski definition) is 0. The van der Waals surface area contributed by atoms with Gasteiger partial charge in [0.25, 0.3) is 0 Å². The predicted molar refractivity (Wildman–Crippen MR) is 35.3 cm³/mol. The summed E-state index contributed by atoms with van der Waals surface area (Å²) in [6.07, 6.45) is 0. The van der Waals surface area contributed by atoms with E-state index in [1.54, 1.807) is 0 Å². The van der Waals surface area contributed by atoms with Crippen molar-refractivity contribution < 1.29 is 0 Å². The van der Waals surface area contributed by atoms with Gasteiger partial charge in [-0.2, -0.15) is 0 Å². The first kappa shape index (κ1) is 7.24. The van der Waals surface area contributed by atoms with Crippen molar-refractivity contribution in [3.8, 4) is 0 Å². The van der Waals surface area contributed by atoms with Crippen LogP contribution in [0.5, 0.6) is 0 Å². The predicted octanol–water partition coefficient (Wildman–Crippen LogP) is 1.95. The number of halogens is 3. The Kier molecular flexibility index (Phi) is 3.65. The molecule has 0 atom stereocenters. The number of rotatable bonds is 0. The molecule has 0 fully saturated rings. The van der Waals surface area contributed by atoms with Gasteiger partial charge in [-0.05, 0) is 0 Å². The zero-order chi connectivity index (χ0) is 4.50. The molecule has 0 aromatic rings. The molecule has 0 aromatic heterocycles. The van der Waals surface area contributed by atoms with Crippen molar-refractivity contribution in [3.05, 3.63) is 0 Å². The molecule has 0 radical (unpaired) electrons. The van der Waals surface area contributed by atoms with Gasteiger partial charge in [-0.25, -0.2) is 0 Å². The van der Waals surface area contributed by atoms with Gasteiger partial charge in [-0.1, -0.05) is 0 Å². The molecule has 26 valence electrons. The fourth-order valence-electron chi connectivity index (χ4n) is 0. The molecule has 0 unspecified atom stereocenters. The zero-order valence-electron chi connectivity index (χ0n) is 2.13. The Bertz CT molecular complexity index is 22.4. The number of hydrogen-bond acceptors (Lipinski definition) is 0. The summed E-state index contributed by atoms with van der Waals surface area (Å²) in [6.45, 7) is 0. The van der Waals surface area contributed by atoms with E-state index in [0.717, 1.165) is 0 Å². The van der Waals surface area contributed by atoms with Crippen LogP contribution in [0, 0.1) is 0 Å². The van der Waals surface area contributed by atoms with Crippen molar-refractivity contribution in [3.63, 3.8) is 0 Å². The van der Waals surface area contributed by atoms with Crippen molar-refractivity contribution in [2.24, 2.45) is 0 Å². The standard InChI is InChI=1S/CBr3.Sn/c2-1(3)4;/q;+3. The Labute approximate surface area is 69.6 Å². The third-order valence-corrected chi connectivity index (χ3v) is 0. The molecule has 0 nitrogen and oxygen atoms in total. The van der Waals surface area contributed by atoms with E-state index in [2.05, 4.69) is 47.8 Å². The normalized spacial score (nSPS) is 12.2. The average molecular weight is 370 g/mol. The first-order valence-electron chi connectivity index (χ1n) is 0.817. The van der Waals surface area contributed by atoms with Gasteiger partial charge in [0.2, 0.25) is 0 Å². The van der Waals surface area contributed by atoms with E-state index in [1.165, 1.54) is 22.5 Å². The Morgan fingerprint density at radius 1 is 1.20 bits per heavy atom. The summed E-state index contributed by atoms with van der Waals surface area (Å²) >= 11 is 11.1. The molecule has 0 spiro atoms. The molecule has 0 heterocycles. The van der Waals surface area contributed by atoms with E-state index >= 15 is 0 Å². The Morgan fingerprint density at radius 3 is 1.20 bits per heavy atom. The summed E-state index contributed by atoms with van der Waals surface area (Å²) in [5.74, 6) is 0. The van der Waals surface area contributed by atoms with Crippen LogP contribution in [-0.4, -0.2) is 22.7 Å². The fraction of sp³-hybridized carbons (Fsp3) is 1.00. The van der Waals surface area contributed by atoms with E-state index < -0.39 is 0 Å². The second-order valence-electron chi connectivity index (χ2n) is 0.498. The van der Waals surface area contributed by atoms with Crippen LogP contribution in [0.15, 0.2) is 0 Å². The topological polar surface area (TPSA) is 0 Å². The maximum atomic E-state index is 3.25. The van der Waals surface area contributed by atoms with Crippen LogP contribution in [0.1, 0.15) is 0 Å². The molecule has 0 aliphatic carbocycles. The molecule has 0 aliphatic heterocycles. The molecule has 0 aliphatic rings. The van der Waals surface area contributed by atoms with Crippen LogP contribution >= 0.6 is 47.8 Å². The summed E-state index contributed by atoms with van der Waals surface area (Å²) in [7, 11) is 0. The average Bonchev–Trinajstić information content (AvgIpc) is 0.722. The maximum absolute atomic E-state index is 3.25. The molecule has 0 bridgehead atoms. The van der Waals surface area contributed by atoms with Gasteiger partial charge in [0.1, 0.15) is 0 Å². The van der Waals surface area contributed by atoms with E-state index in [1.807, 2.05) is 0 Å². The molecular formula is CBr3Sn+3. The van der Waals surface area contributed by atoms with Crippen molar-refractivity contribution in [1.82, 2.24) is 0 Å². The van der Waals surface area contributed by atoms with E-state index in [0.29, 0.717) is 0 Å². The summed E-state index contributed by atoms with van der Waals surface area (Å²) in [4.78, 5) is 0. The monoisotopic (exact) mass is 369 g/mol. The Morgan fingerprint density at radius 2 is 1.20 bits per heavy atom. The van der Waals surface area contributed by atoms with Crippen LogP contribution in [0.3, 0.4) is 0 Å². The molecule has 0 amide bonds. The third-order valence-electron chi connectivity index (χ3n) is 0. The molecule has 0 saturated heterocycles. The van der Waals surface area contributed by atoms with Gasteiger partial charge in [0, 0.05) is 0 Å². The second kappa shape index (κ2) is 2.52. The molecule has 0 saturated carbocycles. The van der Waals surface area contributed by atoms with Crippen molar-refractivity contribution in [2.75, 3.05) is 0 Å². The van der Waals surface area contributed by atoms with Crippen LogP contribution in [-0.2, 0) is 0 Å². The van der Waals surface area contributed by atoms with Gasteiger partial charge < -0.3 is 0 Å². The van der Waals surface area contributed by atoms with Gasteiger partial charge in [-0.15, -0.1) is 0 Å². The third kappa shape index (κ3) is 22.4. The Hall–Kier alpha value is 2.24. The fourth-order valence-corrected chi connectivity index (χ4v) is 0. The first-order valence-corrected chi connectivity index (χ1v) is 4.62. The summed E-state index contributed by atoms with van der Waals surface area (Å²) in [5.41, 5.74) is 0. The van der Waals surface area contributed by atoms with E-state index in [9.17, 15) is 0 Å². The SMILES string of the molecule is Br[C](Br)(Br)[Sn+3]. The molecule has 0 N–H and O–H groups in total. The molecule has 0 rings (SSSR count). The minimum atomic E-state index is 0.0275. The van der Waals surface area contributed by atoms with Gasteiger partial charge in [0.15, 0.2) is 0 Å². The zero-order valence-corrected chi connectivity index (χ0v) is 9.75. The van der Waals surface area contributed by atoms with Crippen LogP contribution in [0.2, 0.25) is 0 Å².